The van der Waals surface area contributed by atoms with Gasteiger partial charge in [-0.2, -0.15) is 0 Å². The highest BCUT2D eigenvalue weighted by Crippen LogP contribution is 2.18. The van der Waals surface area contributed by atoms with Crippen LogP contribution in [-0.2, 0) is 4.74 Å². The second-order valence-electron chi connectivity index (χ2n) is 4.01. The maximum Gasteiger partial charge on any atom is 0.0599 e. The Morgan fingerprint density at radius 1 is 1.50 bits per heavy atom. The van der Waals surface area contributed by atoms with Gasteiger partial charge in [-0.05, 0) is 31.8 Å². The summed E-state index contributed by atoms with van der Waals surface area (Å²) >= 11 is 0. The van der Waals surface area contributed by atoms with Crippen molar-refractivity contribution in [3.63, 3.8) is 0 Å². The number of hydrogen-bond acceptors (Lipinski definition) is 4. The summed E-state index contributed by atoms with van der Waals surface area (Å²) in [6.45, 7) is 3.66. The van der Waals surface area contributed by atoms with Crippen molar-refractivity contribution < 1.29 is 9.84 Å². The van der Waals surface area contributed by atoms with Crippen molar-refractivity contribution in [2.24, 2.45) is 11.7 Å². The molecule has 1 heterocycles. The smallest absolute Gasteiger partial charge is 0.0599 e. The van der Waals surface area contributed by atoms with Crippen LogP contribution >= 0.6 is 0 Å². The van der Waals surface area contributed by atoms with E-state index in [1.165, 1.54) is 0 Å². The molecule has 0 aromatic rings. The first-order valence-corrected chi connectivity index (χ1v) is 5.35. The summed E-state index contributed by atoms with van der Waals surface area (Å²) < 4.78 is 5.14. The standard InChI is InChI=1S/C10H22N2O2/c1-14-8-9-2-4-12(5-3-9)10(6-11)7-13/h9-10,13H,2-8,11H2,1H3. The highest BCUT2D eigenvalue weighted by Gasteiger charge is 2.23. The molecular formula is C10H22N2O2. The van der Waals surface area contributed by atoms with E-state index in [4.69, 9.17) is 15.6 Å². The van der Waals surface area contributed by atoms with Crippen LogP contribution in [0.3, 0.4) is 0 Å². The van der Waals surface area contributed by atoms with Crippen LogP contribution in [0.1, 0.15) is 12.8 Å². The second-order valence-corrected chi connectivity index (χ2v) is 4.01. The maximum atomic E-state index is 9.10. The highest BCUT2D eigenvalue weighted by atomic mass is 16.5. The zero-order valence-corrected chi connectivity index (χ0v) is 8.98. The van der Waals surface area contributed by atoms with Gasteiger partial charge in [-0.3, -0.25) is 4.90 Å². The summed E-state index contributed by atoms with van der Waals surface area (Å²) in [5, 5.41) is 9.10. The van der Waals surface area contributed by atoms with Crippen molar-refractivity contribution in [2.45, 2.75) is 18.9 Å². The number of nitrogens with two attached hydrogens (primary N) is 1. The fourth-order valence-corrected chi connectivity index (χ4v) is 2.06. The Kier molecular flexibility index (Phi) is 5.40. The molecule has 0 aliphatic carbocycles. The first-order chi connectivity index (χ1) is 6.81. The van der Waals surface area contributed by atoms with Gasteiger partial charge in [0.15, 0.2) is 0 Å². The van der Waals surface area contributed by atoms with E-state index in [0.29, 0.717) is 12.5 Å². The number of aliphatic hydroxyl groups is 1. The van der Waals surface area contributed by atoms with Crippen LogP contribution in [0, 0.1) is 5.92 Å². The fraction of sp³-hybridized carbons (Fsp3) is 1.00. The van der Waals surface area contributed by atoms with E-state index in [0.717, 1.165) is 32.5 Å². The molecule has 1 saturated heterocycles. The Bertz CT molecular complexity index is 143. The van der Waals surface area contributed by atoms with Crippen molar-refractivity contribution >= 4 is 0 Å². The van der Waals surface area contributed by atoms with Gasteiger partial charge in [0.05, 0.1) is 6.61 Å². The lowest BCUT2D eigenvalue weighted by Gasteiger charge is -2.36. The topological polar surface area (TPSA) is 58.7 Å². The Balaban J connectivity index is 2.27. The molecule has 4 heteroatoms. The average molecular weight is 202 g/mol. The Morgan fingerprint density at radius 3 is 2.57 bits per heavy atom. The molecule has 0 spiro atoms. The van der Waals surface area contributed by atoms with Crippen LogP contribution in [0.15, 0.2) is 0 Å². The third kappa shape index (κ3) is 3.20. The molecule has 0 aromatic heterocycles. The third-order valence-electron chi connectivity index (χ3n) is 3.05. The zero-order chi connectivity index (χ0) is 10.4. The van der Waals surface area contributed by atoms with Gasteiger partial charge < -0.3 is 15.6 Å². The van der Waals surface area contributed by atoms with Gasteiger partial charge >= 0.3 is 0 Å². The molecular weight excluding hydrogens is 180 g/mol. The summed E-state index contributed by atoms with van der Waals surface area (Å²) in [6.07, 6.45) is 2.31. The van der Waals surface area contributed by atoms with Crippen molar-refractivity contribution in [1.29, 1.82) is 0 Å². The van der Waals surface area contributed by atoms with Crippen LogP contribution in [-0.4, -0.2) is 56.0 Å². The lowest BCUT2D eigenvalue weighted by molar-refractivity contribution is 0.0616. The molecule has 14 heavy (non-hydrogen) atoms. The van der Waals surface area contributed by atoms with Gasteiger partial charge in [-0.15, -0.1) is 0 Å². The van der Waals surface area contributed by atoms with Crippen molar-refractivity contribution in [3.05, 3.63) is 0 Å². The molecule has 3 N–H and O–H groups in total. The summed E-state index contributed by atoms with van der Waals surface area (Å²) in [7, 11) is 1.75. The van der Waals surface area contributed by atoms with Gasteiger partial charge in [0.1, 0.15) is 0 Å². The molecule has 1 atom stereocenters. The summed E-state index contributed by atoms with van der Waals surface area (Å²) in [6, 6.07) is 0.151. The van der Waals surface area contributed by atoms with Crippen molar-refractivity contribution in [3.8, 4) is 0 Å². The average Bonchev–Trinajstić information content (AvgIpc) is 2.23. The van der Waals surface area contributed by atoms with E-state index in [1.807, 2.05) is 0 Å². The lowest BCUT2D eigenvalue weighted by atomic mass is 9.96. The molecule has 1 aliphatic heterocycles. The Morgan fingerprint density at radius 2 is 2.14 bits per heavy atom. The van der Waals surface area contributed by atoms with Crippen molar-refractivity contribution in [1.82, 2.24) is 4.90 Å². The largest absolute Gasteiger partial charge is 0.395 e. The molecule has 1 fully saturated rings. The van der Waals surface area contributed by atoms with Gasteiger partial charge in [0.25, 0.3) is 0 Å². The zero-order valence-electron chi connectivity index (χ0n) is 8.98. The first-order valence-electron chi connectivity index (χ1n) is 5.35. The Labute approximate surface area is 86.0 Å². The van der Waals surface area contributed by atoms with Crippen molar-refractivity contribution in [2.75, 3.05) is 40.0 Å². The Hall–Kier alpha value is -0.160. The molecule has 1 aliphatic rings. The number of aliphatic hydroxyl groups excluding tert-OH is 1. The number of rotatable bonds is 5. The highest BCUT2D eigenvalue weighted by molar-refractivity contribution is 4.78. The van der Waals surface area contributed by atoms with E-state index in [9.17, 15) is 0 Å². The van der Waals surface area contributed by atoms with E-state index in [-0.39, 0.29) is 12.6 Å². The quantitative estimate of drug-likeness (QED) is 0.640. The number of piperidine rings is 1. The number of likely N-dealkylation sites (tertiary alicyclic amines) is 1. The first kappa shape index (κ1) is 11.9. The predicted molar refractivity (Wildman–Crippen MR) is 56.1 cm³/mol. The number of methoxy groups -OCH3 is 1. The van der Waals surface area contributed by atoms with Gasteiger partial charge in [-0.25, -0.2) is 0 Å². The minimum absolute atomic E-state index is 0.151. The normalized spacial score (nSPS) is 22.5. The minimum Gasteiger partial charge on any atom is -0.395 e. The molecule has 1 unspecified atom stereocenters. The lowest BCUT2D eigenvalue weighted by Crippen LogP contribution is -2.47. The number of ether oxygens (including phenoxy) is 1. The summed E-state index contributed by atoms with van der Waals surface area (Å²) in [5.74, 6) is 0.688. The summed E-state index contributed by atoms with van der Waals surface area (Å²) in [4.78, 5) is 2.28. The van der Waals surface area contributed by atoms with E-state index >= 15 is 0 Å². The van der Waals surface area contributed by atoms with Gasteiger partial charge in [-0.1, -0.05) is 0 Å². The van der Waals surface area contributed by atoms with E-state index in [2.05, 4.69) is 4.90 Å². The molecule has 0 bridgehead atoms. The van der Waals surface area contributed by atoms with Crippen LogP contribution in [0.25, 0.3) is 0 Å². The minimum atomic E-state index is 0.151. The number of hydrogen-bond donors (Lipinski definition) is 2. The molecule has 0 aromatic carbocycles. The van der Waals surface area contributed by atoms with Crippen LogP contribution in [0.2, 0.25) is 0 Å². The maximum absolute atomic E-state index is 9.10. The van der Waals surface area contributed by atoms with E-state index in [1.54, 1.807) is 7.11 Å². The molecule has 84 valence electrons. The van der Waals surface area contributed by atoms with Gasteiger partial charge in [0.2, 0.25) is 0 Å². The van der Waals surface area contributed by atoms with E-state index < -0.39 is 0 Å². The monoisotopic (exact) mass is 202 g/mol. The fourth-order valence-electron chi connectivity index (χ4n) is 2.06. The van der Waals surface area contributed by atoms with Gasteiger partial charge in [0, 0.05) is 26.3 Å². The number of nitrogens with zero attached hydrogens (tertiary/aromatic N) is 1. The molecule has 4 nitrogen and oxygen atoms in total. The second kappa shape index (κ2) is 6.35. The summed E-state index contributed by atoms with van der Waals surface area (Å²) in [5.41, 5.74) is 5.58. The SMILES string of the molecule is COCC1CCN(C(CN)CO)CC1. The molecule has 1 rings (SSSR count). The third-order valence-corrected chi connectivity index (χ3v) is 3.05. The molecule has 0 saturated carbocycles. The van der Waals surface area contributed by atoms with Crippen LogP contribution in [0.4, 0.5) is 0 Å². The molecule has 0 amide bonds. The predicted octanol–water partition coefficient (Wildman–Crippen LogP) is -0.336. The van der Waals surface area contributed by atoms with Crippen LogP contribution in [0.5, 0.6) is 0 Å². The molecule has 0 radical (unpaired) electrons. The van der Waals surface area contributed by atoms with Crippen LogP contribution < -0.4 is 5.73 Å².